The summed E-state index contributed by atoms with van der Waals surface area (Å²) in [7, 11) is 0. The molecule has 0 aliphatic carbocycles. The van der Waals surface area contributed by atoms with E-state index in [1.165, 1.54) is 77.0 Å². The smallest absolute Gasteiger partial charge is 1.00 e. The molecule has 2 N–H and O–H groups in total. The van der Waals surface area contributed by atoms with Gasteiger partial charge in [0.2, 0.25) is 0 Å². The first-order chi connectivity index (χ1) is 17.4. The van der Waals surface area contributed by atoms with Crippen molar-refractivity contribution < 1.29 is 81.5 Å². The molecule has 0 radical (unpaired) electrons. The molecular formula is C29H54KNO6. The van der Waals surface area contributed by atoms with E-state index < -0.39 is 29.9 Å². The van der Waals surface area contributed by atoms with Crippen molar-refractivity contribution in [2.45, 2.75) is 161 Å². The van der Waals surface area contributed by atoms with Crippen LogP contribution in [0.25, 0.3) is 0 Å². The first kappa shape index (κ1) is 39.0. The summed E-state index contributed by atoms with van der Waals surface area (Å²) in [6.07, 6.45) is 20.6. The van der Waals surface area contributed by atoms with E-state index in [-0.39, 0.29) is 78.5 Å². The van der Waals surface area contributed by atoms with Gasteiger partial charge in [0, 0.05) is 19.3 Å². The fraction of sp³-hybridized carbons (Fsp3) is 0.862. The van der Waals surface area contributed by atoms with Gasteiger partial charge in [-0.3, -0.25) is 14.4 Å². The van der Waals surface area contributed by atoms with E-state index in [0.29, 0.717) is 12.8 Å². The van der Waals surface area contributed by atoms with E-state index in [1.807, 2.05) is 0 Å². The van der Waals surface area contributed by atoms with Crippen LogP contribution >= 0.6 is 0 Å². The number of nitrogens with two attached hydrogens (primary N) is 1. The number of hydrogen-bond donors (Lipinski definition) is 1. The molecule has 7 nitrogen and oxygen atoms in total. The minimum atomic E-state index is -1.10. The summed E-state index contributed by atoms with van der Waals surface area (Å²) in [5.74, 6) is -2.68. The second kappa shape index (κ2) is 28.9. The Bertz CT molecular complexity index is 606. The minimum absolute atomic E-state index is 0. The molecular weight excluding hydrogens is 497 g/mol. The monoisotopic (exact) mass is 551 g/mol. The molecule has 0 aliphatic heterocycles. The normalized spacial score (nSPS) is 11.4. The minimum Gasteiger partial charge on any atom is -1.00 e. The molecule has 0 aromatic rings. The molecule has 0 unspecified atom stereocenters. The number of hydrogen-bond acceptors (Lipinski definition) is 7. The van der Waals surface area contributed by atoms with Crippen molar-refractivity contribution in [2.75, 3.05) is 0 Å². The van der Waals surface area contributed by atoms with Gasteiger partial charge in [-0.25, -0.2) is 4.79 Å². The first-order valence-corrected chi connectivity index (χ1v) is 14.6. The molecule has 0 saturated heterocycles. The van der Waals surface area contributed by atoms with Crippen molar-refractivity contribution in [3.8, 4) is 0 Å². The molecule has 0 aromatic carbocycles. The second-order valence-corrected chi connectivity index (χ2v) is 9.94. The average molecular weight is 552 g/mol. The topological polar surface area (TPSA) is 113 Å². The van der Waals surface area contributed by atoms with Crippen LogP contribution in [0.4, 0.5) is 0 Å². The molecule has 0 aliphatic rings. The Morgan fingerprint density at radius 2 is 0.865 bits per heavy atom. The number of carbonyl (C=O) groups excluding carboxylic acids is 4. The predicted molar refractivity (Wildman–Crippen MR) is 144 cm³/mol. The average Bonchev–Trinajstić information content (AvgIpc) is 2.85. The summed E-state index contributed by atoms with van der Waals surface area (Å²) < 4.78 is 9.58. The Morgan fingerprint density at radius 3 is 1.27 bits per heavy atom. The van der Waals surface area contributed by atoms with E-state index in [1.54, 1.807) is 0 Å². The summed E-state index contributed by atoms with van der Waals surface area (Å²) in [4.78, 5) is 47.4. The molecule has 0 spiro atoms. The quantitative estimate of drug-likeness (QED) is 0.0828. The van der Waals surface area contributed by atoms with Gasteiger partial charge in [-0.05, 0) is 19.3 Å². The Balaban J connectivity index is -0.00000612. The Kier molecular flexibility index (Phi) is 30.5. The van der Waals surface area contributed by atoms with Gasteiger partial charge >= 0.3 is 75.3 Å². The molecule has 0 rings (SSSR count). The van der Waals surface area contributed by atoms with Crippen molar-refractivity contribution in [1.29, 1.82) is 0 Å². The molecule has 0 aromatic heterocycles. The summed E-state index contributed by atoms with van der Waals surface area (Å²) in [6.45, 7) is 4.40. The number of carbonyl (C=O) groups is 4. The molecule has 8 heteroatoms. The summed E-state index contributed by atoms with van der Waals surface area (Å²) in [5.41, 5.74) is 5.73. The van der Waals surface area contributed by atoms with Crippen LogP contribution in [0.1, 0.15) is 157 Å². The SMILES string of the molecule is CCCCCCCCCCCC(=O)OC(=O)CC[C@H](N)C(=O)OC(=O)CCCCCCCCCCC.[H-].[K+]. The maximum atomic E-state index is 12.0. The first-order valence-electron chi connectivity index (χ1n) is 14.6. The van der Waals surface area contributed by atoms with Crippen LogP contribution in [0.3, 0.4) is 0 Å². The number of esters is 4. The summed E-state index contributed by atoms with van der Waals surface area (Å²) in [5, 5.41) is 0. The van der Waals surface area contributed by atoms with Gasteiger partial charge in [-0.1, -0.05) is 117 Å². The standard InChI is InChI=1S/C29H53NO6.K.H/c1-3-5-7-9-11-13-15-17-19-21-26(31)35-28(33)24-23-25(30)29(34)36-27(32)22-20-18-16-14-12-10-8-6-4-2;;/h25H,3-24,30H2,1-2H3;;/q;+1;-1/t25-;;/m0../s1. The van der Waals surface area contributed by atoms with E-state index in [9.17, 15) is 19.2 Å². The Labute approximate surface area is 270 Å². The van der Waals surface area contributed by atoms with Crippen LogP contribution in [0, 0.1) is 0 Å². The van der Waals surface area contributed by atoms with Gasteiger partial charge in [0.15, 0.2) is 0 Å². The zero-order valence-corrected chi connectivity index (χ0v) is 27.3. The van der Waals surface area contributed by atoms with Crippen LogP contribution < -0.4 is 57.1 Å². The molecule has 0 saturated carbocycles. The van der Waals surface area contributed by atoms with Crippen LogP contribution in [-0.2, 0) is 28.7 Å². The van der Waals surface area contributed by atoms with Crippen molar-refractivity contribution in [2.24, 2.45) is 5.73 Å². The number of unbranched alkanes of at least 4 members (excludes halogenated alkanes) is 16. The van der Waals surface area contributed by atoms with Crippen LogP contribution in [0.2, 0.25) is 0 Å². The van der Waals surface area contributed by atoms with E-state index >= 15 is 0 Å². The zero-order valence-electron chi connectivity index (χ0n) is 25.2. The van der Waals surface area contributed by atoms with Crippen molar-refractivity contribution in [3.63, 3.8) is 0 Å². The Hall–Kier alpha value is -0.124. The molecule has 212 valence electrons. The van der Waals surface area contributed by atoms with Gasteiger partial charge in [0.25, 0.3) is 0 Å². The third kappa shape index (κ3) is 27.2. The molecule has 37 heavy (non-hydrogen) atoms. The van der Waals surface area contributed by atoms with Crippen molar-refractivity contribution >= 4 is 23.9 Å². The molecule has 0 bridgehead atoms. The predicted octanol–water partition coefficient (Wildman–Crippen LogP) is 4.19. The van der Waals surface area contributed by atoms with Crippen LogP contribution in [-0.4, -0.2) is 29.9 Å². The summed E-state index contributed by atoms with van der Waals surface area (Å²) in [6, 6.07) is -1.10. The maximum Gasteiger partial charge on any atom is 1.00 e. The molecule has 1 atom stereocenters. The van der Waals surface area contributed by atoms with Gasteiger partial charge in [0.1, 0.15) is 6.04 Å². The fourth-order valence-corrected chi connectivity index (χ4v) is 4.02. The third-order valence-corrected chi connectivity index (χ3v) is 6.37. The third-order valence-electron chi connectivity index (χ3n) is 6.37. The van der Waals surface area contributed by atoms with Crippen LogP contribution in [0.5, 0.6) is 0 Å². The Morgan fingerprint density at radius 1 is 0.541 bits per heavy atom. The fourth-order valence-electron chi connectivity index (χ4n) is 4.02. The summed E-state index contributed by atoms with van der Waals surface area (Å²) >= 11 is 0. The maximum absolute atomic E-state index is 12.0. The second-order valence-electron chi connectivity index (χ2n) is 9.94. The van der Waals surface area contributed by atoms with Gasteiger partial charge in [-0.15, -0.1) is 0 Å². The molecule has 0 fully saturated rings. The van der Waals surface area contributed by atoms with Gasteiger partial charge < -0.3 is 16.6 Å². The van der Waals surface area contributed by atoms with E-state index in [2.05, 4.69) is 13.8 Å². The number of ether oxygens (including phenoxy) is 2. The van der Waals surface area contributed by atoms with Gasteiger partial charge in [-0.2, -0.15) is 0 Å². The van der Waals surface area contributed by atoms with Crippen LogP contribution in [0.15, 0.2) is 0 Å². The van der Waals surface area contributed by atoms with Gasteiger partial charge in [0.05, 0.1) is 0 Å². The number of rotatable bonds is 24. The van der Waals surface area contributed by atoms with E-state index in [4.69, 9.17) is 15.2 Å². The van der Waals surface area contributed by atoms with E-state index in [0.717, 1.165) is 25.7 Å². The zero-order chi connectivity index (χ0) is 26.9. The molecule has 0 heterocycles. The largest absolute Gasteiger partial charge is 1.00 e. The van der Waals surface area contributed by atoms with Crippen molar-refractivity contribution in [1.82, 2.24) is 0 Å². The molecule has 0 amide bonds. The van der Waals surface area contributed by atoms with Crippen molar-refractivity contribution in [3.05, 3.63) is 0 Å².